The minimum Gasteiger partial charge on any atom is -0.444 e. The van der Waals surface area contributed by atoms with Crippen LogP contribution in [0.4, 0.5) is 19.3 Å². The highest BCUT2D eigenvalue weighted by Crippen LogP contribution is 2.30. The second kappa shape index (κ2) is 7.85. The van der Waals surface area contributed by atoms with Gasteiger partial charge < -0.3 is 10.1 Å². The van der Waals surface area contributed by atoms with Gasteiger partial charge in [-0.05, 0) is 36.8 Å². The number of cyclic esters (lactones) is 1. The smallest absolute Gasteiger partial charge is 0.414 e. The molecular weight excluding hydrogens is 364 g/mol. The molecule has 2 aliphatic rings. The van der Waals surface area contributed by atoms with E-state index in [0.717, 1.165) is 26.2 Å². The predicted octanol–water partition coefficient (Wildman–Crippen LogP) is 3.38. The Bertz CT molecular complexity index is 884. The van der Waals surface area contributed by atoms with Gasteiger partial charge in [-0.15, -0.1) is 0 Å². The average molecular weight is 387 g/mol. The molecule has 0 saturated carbocycles. The molecule has 0 unspecified atom stereocenters. The van der Waals surface area contributed by atoms with E-state index in [2.05, 4.69) is 10.2 Å². The third kappa shape index (κ3) is 3.86. The van der Waals surface area contributed by atoms with Gasteiger partial charge in [-0.3, -0.25) is 9.80 Å². The van der Waals surface area contributed by atoms with Crippen molar-refractivity contribution in [3.8, 4) is 11.1 Å². The van der Waals surface area contributed by atoms with Crippen molar-refractivity contribution in [2.24, 2.45) is 0 Å². The molecule has 2 heterocycles. The zero-order valence-corrected chi connectivity index (χ0v) is 15.8. The summed E-state index contributed by atoms with van der Waals surface area (Å²) in [6.07, 6.45) is -0.712. The van der Waals surface area contributed by atoms with E-state index in [1.807, 2.05) is 0 Å². The average Bonchev–Trinajstić information content (AvgIpc) is 3.02. The lowest BCUT2D eigenvalue weighted by molar-refractivity contribution is 0.150. The predicted molar refractivity (Wildman–Crippen MR) is 103 cm³/mol. The standard InChI is InChI=1S/C21H23F2N3O2/c1-14-12-26(21(27)28-14)17-4-5-18(20(23)11-17)15-2-3-16(19(22)10-15)13-25-8-6-24-7-9-25/h2-5,10-11,14,24H,6-9,12-13H2,1H3/t14-/m0/s1. The monoisotopic (exact) mass is 387 g/mol. The molecule has 2 aromatic rings. The van der Waals surface area contributed by atoms with Crippen molar-refractivity contribution in [1.29, 1.82) is 0 Å². The maximum absolute atomic E-state index is 14.7. The number of nitrogens with one attached hydrogen (secondary N) is 1. The molecule has 148 valence electrons. The van der Waals surface area contributed by atoms with Crippen LogP contribution in [0.5, 0.6) is 0 Å². The molecule has 5 nitrogen and oxygen atoms in total. The van der Waals surface area contributed by atoms with Gasteiger partial charge in [-0.25, -0.2) is 13.6 Å². The van der Waals surface area contributed by atoms with Crippen LogP contribution < -0.4 is 10.2 Å². The maximum Gasteiger partial charge on any atom is 0.414 e. The molecule has 0 aliphatic carbocycles. The number of hydrogen-bond donors (Lipinski definition) is 1. The molecule has 28 heavy (non-hydrogen) atoms. The van der Waals surface area contributed by atoms with Gasteiger partial charge in [-0.2, -0.15) is 0 Å². The zero-order valence-electron chi connectivity index (χ0n) is 15.8. The Hall–Kier alpha value is -2.51. The van der Waals surface area contributed by atoms with Gasteiger partial charge in [0.1, 0.15) is 17.7 Å². The molecule has 0 spiro atoms. The molecule has 1 atom stereocenters. The SMILES string of the molecule is C[C@H]1CN(c2ccc(-c3ccc(CN4CCNCC4)c(F)c3)c(F)c2)C(=O)O1. The van der Waals surface area contributed by atoms with Crippen molar-refractivity contribution in [2.45, 2.75) is 19.6 Å². The van der Waals surface area contributed by atoms with Gasteiger partial charge in [0.05, 0.1) is 12.2 Å². The van der Waals surface area contributed by atoms with Crippen LogP contribution >= 0.6 is 0 Å². The minimum atomic E-state index is -0.501. The maximum atomic E-state index is 14.7. The summed E-state index contributed by atoms with van der Waals surface area (Å²) in [5.74, 6) is -0.837. The number of benzene rings is 2. The summed E-state index contributed by atoms with van der Waals surface area (Å²) < 4.78 is 34.4. The van der Waals surface area contributed by atoms with E-state index >= 15 is 0 Å². The fourth-order valence-corrected chi connectivity index (χ4v) is 3.67. The molecule has 2 fully saturated rings. The molecule has 2 saturated heterocycles. The van der Waals surface area contributed by atoms with Crippen molar-refractivity contribution in [2.75, 3.05) is 37.6 Å². The normalized spacial score (nSPS) is 20.5. The number of piperazine rings is 1. The summed E-state index contributed by atoms with van der Waals surface area (Å²) in [7, 11) is 0. The van der Waals surface area contributed by atoms with E-state index in [4.69, 9.17) is 4.74 Å². The first-order chi connectivity index (χ1) is 13.5. The van der Waals surface area contributed by atoms with Crippen molar-refractivity contribution in [3.63, 3.8) is 0 Å². The molecule has 0 aromatic heterocycles. The first kappa shape index (κ1) is 18.8. The summed E-state index contributed by atoms with van der Waals surface area (Å²) in [5, 5.41) is 3.27. The van der Waals surface area contributed by atoms with Gasteiger partial charge in [0.15, 0.2) is 0 Å². The summed E-state index contributed by atoms with van der Waals surface area (Å²) in [6.45, 7) is 6.29. The lowest BCUT2D eigenvalue weighted by Gasteiger charge is -2.27. The second-order valence-electron chi connectivity index (χ2n) is 7.30. The highest BCUT2D eigenvalue weighted by molar-refractivity contribution is 5.90. The topological polar surface area (TPSA) is 44.8 Å². The highest BCUT2D eigenvalue weighted by atomic mass is 19.1. The lowest BCUT2D eigenvalue weighted by atomic mass is 10.0. The Kier molecular flexibility index (Phi) is 5.28. The first-order valence-electron chi connectivity index (χ1n) is 9.51. The van der Waals surface area contributed by atoms with Crippen LogP contribution in [0.1, 0.15) is 12.5 Å². The molecule has 2 aliphatic heterocycles. The van der Waals surface area contributed by atoms with Crippen LogP contribution in [0.15, 0.2) is 36.4 Å². The largest absolute Gasteiger partial charge is 0.444 e. The molecule has 7 heteroatoms. The van der Waals surface area contributed by atoms with Crippen molar-refractivity contribution in [3.05, 3.63) is 53.6 Å². The molecular formula is C21H23F2N3O2. The van der Waals surface area contributed by atoms with Gasteiger partial charge in [-0.1, -0.05) is 12.1 Å². The fraction of sp³-hybridized carbons (Fsp3) is 0.381. The summed E-state index contributed by atoms with van der Waals surface area (Å²) in [4.78, 5) is 15.4. The molecule has 4 rings (SSSR count). The van der Waals surface area contributed by atoms with Crippen LogP contribution in [0.25, 0.3) is 11.1 Å². The highest BCUT2D eigenvalue weighted by Gasteiger charge is 2.29. The van der Waals surface area contributed by atoms with E-state index in [1.54, 1.807) is 31.2 Å². The van der Waals surface area contributed by atoms with Crippen LogP contribution in [-0.2, 0) is 11.3 Å². The Balaban J connectivity index is 1.53. The summed E-state index contributed by atoms with van der Waals surface area (Å²) >= 11 is 0. The summed E-state index contributed by atoms with van der Waals surface area (Å²) in [6, 6.07) is 9.36. The van der Waals surface area contributed by atoms with E-state index in [9.17, 15) is 13.6 Å². The van der Waals surface area contributed by atoms with Gasteiger partial charge in [0.2, 0.25) is 0 Å². The number of carbonyl (C=O) groups excluding carboxylic acids is 1. The van der Waals surface area contributed by atoms with E-state index in [-0.39, 0.29) is 11.9 Å². The molecule has 2 aromatic carbocycles. The van der Waals surface area contributed by atoms with Crippen molar-refractivity contribution >= 4 is 11.8 Å². The van der Waals surface area contributed by atoms with Crippen molar-refractivity contribution < 1.29 is 18.3 Å². The Morgan fingerprint density at radius 1 is 1.11 bits per heavy atom. The minimum absolute atomic E-state index is 0.229. The number of halogens is 2. The quantitative estimate of drug-likeness (QED) is 0.874. The van der Waals surface area contributed by atoms with E-state index in [0.29, 0.717) is 35.5 Å². The van der Waals surface area contributed by atoms with Crippen LogP contribution in [0, 0.1) is 11.6 Å². The van der Waals surface area contributed by atoms with Crippen LogP contribution in [-0.4, -0.2) is 49.8 Å². The Morgan fingerprint density at radius 3 is 2.54 bits per heavy atom. The number of carbonyl (C=O) groups is 1. The third-order valence-corrected chi connectivity index (χ3v) is 5.19. The molecule has 1 N–H and O–H groups in total. The number of ether oxygens (including phenoxy) is 1. The number of rotatable bonds is 4. The Labute approximate surface area is 162 Å². The summed E-state index contributed by atoms with van der Waals surface area (Å²) in [5.41, 5.74) is 1.82. The van der Waals surface area contributed by atoms with Gasteiger partial charge >= 0.3 is 6.09 Å². The lowest BCUT2D eigenvalue weighted by Crippen LogP contribution is -2.43. The molecule has 1 amide bonds. The van der Waals surface area contributed by atoms with Gasteiger partial charge in [0, 0.05) is 43.9 Å². The van der Waals surface area contributed by atoms with Crippen LogP contribution in [0.3, 0.4) is 0 Å². The number of anilines is 1. The number of nitrogens with zero attached hydrogens (tertiary/aromatic N) is 2. The third-order valence-electron chi connectivity index (χ3n) is 5.19. The second-order valence-corrected chi connectivity index (χ2v) is 7.30. The van der Waals surface area contributed by atoms with Gasteiger partial charge in [0.25, 0.3) is 0 Å². The Morgan fingerprint density at radius 2 is 1.89 bits per heavy atom. The zero-order chi connectivity index (χ0) is 19.7. The van der Waals surface area contributed by atoms with Crippen LogP contribution in [0.2, 0.25) is 0 Å². The molecule has 0 radical (unpaired) electrons. The molecule has 0 bridgehead atoms. The number of hydrogen-bond acceptors (Lipinski definition) is 4. The van der Waals surface area contributed by atoms with Crippen molar-refractivity contribution in [1.82, 2.24) is 10.2 Å². The van der Waals surface area contributed by atoms with E-state index in [1.165, 1.54) is 17.0 Å². The van der Waals surface area contributed by atoms with E-state index < -0.39 is 11.9 Å². The first-order valence-corrected chi connectivity index (χ1v) is 9.51. The fourth-order valence-electron chi connectivity index (χ4n) is 3.67. The number of amides is 1.